The molecule has 19 heteroatoms. The van der Waals surface area contributed by atoms with Gasteiger partial charge in [-0.2, -0.15) is 0 Å². The van der Waals surface area contributed by atoms with E-state index in [1.807, 2.05) is 0 Å². The van der Waals surface area contributed by atoms with Crippen LogP contribution in [-0.2, 0) is 65.4 Å². The van der Waals surface area contributed by atoms with E-state index in [2.05, 4.69) is 52.0 Å². The molecular formula is C66H124O17P2. The normalized spacial score (nSPS) is 14.3. The number of ether oxygens (including phenoxy) is 4. The number of allylic oxidation sites excluding steroid dienone is 4. The van der Waals surface area contributed by atoms with Crippen LogP contribution in [0.3, 0.4) is 0 Å². The Morgan fingerprint density at radius 1 is 0.329 bits per heavy atom. The second-order valence-electron chi connectivity index (χ2n) is 23.2. The van der Waals surface area contributed by atoms with Gasteiger partial charge < -0.3 is 33.8 Å². The number of aliphatic hydroxyl groups excluding tert-OH is 1. The minimum atomic E-state index is -4.95. The summed E-state index contributed by atoms with van der Waals surface area (Å²) in [5.41, 5.74) is 0. The Bertz CT molecular complexity index is 1730. The third kappa shape index (κ3) is 60.2. The highest BCUT2D eigenvalue weighted by atomic mass is 31.2. The summed E-state index contributed by atoms with van der Waals surface area (Å²) in [5.74, 6) is -2.17. The standard InChI is InChI=1S/C66H124O17P2/c1-5-9-13-17-20-23-26-28-30-32-35-38-41-45-49-53-66(71)83-62(57-77-64(69)51-47-43-39-36-34-31-29-27-24-21-18-14-10-6-2)59-81-85(74,75)79-55-60(67)54-78-84(72,73)80-58-61(56-76-63(68)50-46-42-16-12-8-4)82-65(70)52-48-44-40-37-33-25-22-19-15-11-7-3/h23,26,28,30,60-62,67H,5-22,24-25,27,29,31-59H2,1-4H3,(H,72,73)(H,74,75)/b26-23-,30-28-/t60-,61+,62+/m0/s1. The molecule has 500 valence electrons. The fourth-order valence-corrected chi connectivity index (χ4v) is 11.0. The number of aliphatic hydroxyl groups is 1. The van der Waals surface area contributed by atoms with Crippen molar-refractivity contribution in [3.8, 4) is 0 Å². The highest BCUT2D eigenvalue weighted by Gasteiger charge is 2.30. The monoisotopic (exact) mass is 1250 g/mol. The van der Waals surface area contributed by atoms with E-state index in [0.29, 0.717) is 25.7 Å². The Morgan fingerprint density at radius 2 is 0.565 bits per heavy atom. The molecule has 0 aromatic rings. The van der Waals surface area contributed by atoms with Crippen molar-refractivity contribution in [2.75, 3.05) is 39.6 Å². The van der Waals surface area contributed by atoms with E-state index in [4.69, 9.17) is 37.0 Å². The van der Waals surface area contributed by atoms with Gasteiger partial charge >= 0.3 is 39.5 Å². The summed E-state index contributed by atoms with van der Waals surface area (Å²) < 4.78 is 67.8. The lowest BCUT2D eigenvalue weighted by Crippen LogP contribution is -2.30. The molecule has 2 unspecified atom stereocenters. The van der Waals surface area contributed by atoms with Crippen LogP contribution in [0, 0.1) is 0 Å². The smallest absolute Gasteiger partial charge is 0.462 e. The topological polar surface area (TPSA) is 237 Å². The molecule has 0 aliphatic carbocycles. The summed E-state index contributed by atoms with van der Waals surface area (Å²) in [5, 5.41) is 10.5. The molecule has 0 spiro atoms. The molecule has 3 N–H and O–H groups in total. The minimum Gasteiger partial charge on any atom is -0.462 e. The number of carbonyl (C=O) groups excluding carboxylic acids is 4. The first kappa shape index (κ1) is 82.5. The first-order chi connectivity index (χ1) is 41.2. The maximum Gasteiger partial charge on any atom is 0.472 e. The highest BCUT2D eigenvalue weighted by Crippen LogP contribution is 2.45. The summed E-state index contributed by atoms with van der Waals surface area (Å²) in [4.78, 5) is 72.0. The van der Waals surface area contributed by atoms with Gasteiger partial charge in [-0.1, -0.05) is 264 Å². The summed E-state index contributed by atoms with van der Waals surface area (Å²) in [6, 6.07) is 0. The van der Waals surface area contributed by atoms with E-state index in [1.165, 1.54) is 128 Å². The Labute approximate surface area is 516 Å². The number of hydrogen-bond acceptors (Lipinski definition) is 15. The highest BCUT2D eigenvalue weighted by molar-refractivity contribution is 7.47. The molecule has 0 saturated carbocycles. The van der Waals surface area contributed by atoms with E-state index >= 15 is 0 Å². The molecular weight excluding hydrogens is 1130 g/mol. The molecule has 17 nitrogen and oxygen atoms in total. The molecule has 5 atom stereocenters. The molecule has 0 aromatic carbocycles. The lowest BCUT2D eigenvalue weighted by atomic mass is 10.0. The molecule has 0 aliphatic rings. The van der Waals surface area contributed by atoms with Crippen molar-refractivity contribution in [1.29, 1.82) is 0 Å². The predicted octanol–water partition coefficient (Wildman–Crippen LogP) is 18.3. The first-order valence-electron chi connectivity index (χ1n) is 34.1. The number of unbranched alkanes of at least 4 members (excludes halogenated alkanes) is 36. The van der Waals surface area contributed by atoms with Gasteiger partial charge in [0.25, 0.3) is 0 Å². The van der Waals surface area contributed by atoms with Crippen molar-refractivity contribution in [2.45, 2.75) is 335 Å². The van der Waals surface area contributed by atoms with Crippen molar-refractivity contribution < 1.29 is 80.2 Å². The molecule has 0 aromatic heterocycles. The van der Waals surface area contributed by atoms with E-state index in [9.17, 15) is 43.2 Å². The summed E-state index contributed by atoms with van der Waals surface area (Å²) in [7, 11) is -9.89. The maximum atomic E-state index is 13.0. The second-order valence-corrected chi connectivity index (χ2v) is 26.1. The summed E-state index contributed by atoms with van der Waals surface area (Å²) in [6.45, 7) is 4.76. The van der Waals surface area contributed by atoms with Gasteiger partial charge in [-0.05, 0) is 51.4 Å². The minimum absolute atomic E-state index is 0.0857. The van der Waals surface area contributed by atoms with Crippen molar-refractivity contribution in [3.63, 3.8) is 0 Å². The van der Waals surface area contributed by atoms with E-state index < -0.39 is 97.5 Å². The molecule has 0 heterocycles. The van der Waals surface area contributed by atoms with Crippen molar-refractivity contribution >= 4 is 39.5 Å². The fourth-order valence-electron chi connectivity index (χ4n) is 9.45. The number of phosphoric ester groups is 2. The van der Waals surface area contributed by atoms with Gasteiger partial charge in [0.1, 0.15) is 19.3 Å². The predicted molar refractivity (Wildman–Crippen MR) is 340 cm³/mol. The van der Waals surface area contributed by atoms with Crippen LogP contribution in [-0.4, -0.2) is 96.7 Å². The van der Waals surface area contributed by atoms with Crippen LogP contribution in [0.5, 0.6) is 0 Å². The second kappa shape index (κ2) is 60.5. The zero-order chi connectivity index (χ0) is 62.6. The third-order valence-corrected chi connectivity index (χ3v) is 16.6. The van der Waals surface area contributed by atoms with Gasteiger partial charge in [0.05, 0.1) is 26.4 Å². The van der Waals surface area contributed by atoms with Gasteiger partial charge in [0.2, 0.25) is 0 Å². The lowest BCUT2D eigenvalue weighted by Gasteiger charge is -2.21. The summed E-state index contributed by atoms with van der Waals surface area (Å²) in [6.07, 6.45) is 49.7. The summed E-state index contributed by atoms with van der Waals surface area (Å²) >= 11 is 0. The van der Waals surface area contributed by atoms with Gasteiger partial charge in [0.15, 0.2) is 12.2 Å². The lowest BCUT2D eigenvalue weighted by molar-refractivity contribution is -0.161. The molecule has 0 fully saturated rings. The van der Waals surface area contributed by atoms with E-state index in [1.54, 1.807) is 0 Å². The Morgan fingerprint density at radius 3 is 0.859 bits per heavy atom. The van der Waals surface area contributed by atoms with Crippen molar-refractivity contribution in [3.05, 3.63) is 24.3 Å². The molecule has 85 heavy (non-hydrogen) atoms. The number of phosphoric acid groups is 2. The molecule has 0 amide bonds. The average molecular weight is 1250 g/mol. The Kier molecular flexibility index (Phi) is 58.7. The number of carbonyl (C=O) groups is 4. The quantitative estimate of drug-likeness (QED) is 0.0169. The van der Waals surface area contributed by atoms with Crippen LogP contribution < -0.4 is 0 Å². The van der Waals surface area contributed by atoms with Crippen LogP contribution in [0.1, 0.15) is 317 Å². The Balaban J connectivity index is 5.21. The van der Waals surface area contributed by atoms with Gasteiger partial charge in [-0.15, -0.1) is 0 Å². The van der Waals surface area contributed by atoms with Crippen LogP contribution >= 0.6 is 15.6 Å². The fraction of sp³-hybridized carbons (Fsp3) is 0.879. The first-order valence-corrected chi connectivity index (χ1v) is 37.1. The van der Waals surface area contributed by atoms with Gasteiger partial charge in [0, 0.05) is 25.7 Å². The number of rotatable bonds is 65. The Hall–Kier alpha value is -2.46. The SMILES string of the molecule is CCCCCC/C=C\C=C/CCCCCCCC(=O)O[C@H](COC(=O)CCCCCCCCCCCCCCCC)COP(=O)(O)OC[C@@H](O)COP(=O)(O)OC[C@@H](COC(=O)CCCCCCC)OC(=O)CCCCCCCCCCCCC. The van der Waals surface area contributed by atoms with Crippen molar-refractivity contribution in [1.82, 2.24) is 0 Å². The molecule has 0 saturated heterocycles. The van der Waals surface area contributed by atoms with Crippen LogP contribution in [0.25, 0.3) is 0 Å². The zero-order valence-corrected chi connectivity index (χ0v) is 55.8. The van der Waals surface area contributed by atoms with E-state index in [0.717, 1.165) is 109 Å². The van der Waals surface area contributed by atoms with Crippen LogP contribution in [0.15, 0.2) is 24.3 Å². The van der Waals surface area contributed by atoms with Gasteiger partial charge in [-0.3, -0.25) is 37.3 Å². The largest absolute Gasteiger partial charge is 0.472 e. The van der Waals surface area contributed by atoms with Crippen molar-refractivity contribution in [2.24, 2.45) is 0 Å². The van der Waals surface area contributed by atoms with Crippen LogP contribution in [0.2, 0.25) is 0 Å². The number of esters is 4. The van der Waals surface area contributed by atoms with E-state index in [-0.39, 0.29) is 25.7 Å². The average Bonchev–Trinajstić information content (AvgIpc) is 3.56. The number of hydrogen-bond donors (Lipinski definition) is 3. The molecule has 0 rings (SSSR count). The van der Waals surface area contributed by atoms with Gasteiger partial charge in [-0.25, -0.2) is 9.13 Å². The zero-order valence-electron chi connectivity index (χ0n) is 54.1. The molecule has 0 bridgehead atoms. The molecule has 0 radical (unpaired) electrons. The maximum absolute atomic E-state index is 13.0. The third-order valence-electron chi connectivity index (χ3n) is 14.7. The van der Waals surface area contributed by atoms with Crippen LogP contribution in [0.4, 0.5) is 0 Å². The molecule has 0 aliphatic heterocycles.